The van der Waals surface area contributed by atoms with Crippen LogP contribution in [-0.2, 0) is 10.0 Å². The van der Waals surface area contributed by atoms with Gasteiger partial charge in [-0.05, 0) is 12.1 Å². The molecular weight excluding hydrogens is 319 g/mol. The first kappa shape index (κ1) is 13.7. The SMILES string of the molecule is NNc1nc2sccn2c1S(=O)(=O)Nc1ccc(F)cn1. The van der Waals surface area contributed by atoms with Crippen molar-refractivity contribution in [2.45, 2.75) is 5.03 Å². The number of sulfonamides is 1. The molecule has 3 rings (SSSR count). The average Bonchev–Trinajstić information content (AvgIpc) is 3.00. The molecule has 0 radical (unpaired) electrons. The number of pyridine rings is 1. The second-order valence-electron chi connectivity index (χ2n) is 3.93. The summed E-state index contributed by atoms with van der Waals surface area (Å²) in [7, 11) is -3.99. The smallest absolute Gasteiger partial charge is 0.282 e. The van der Waals surface area contributed by atoms with Crippen molar-refractivity contribution in [2.75, 3.05) is 10.1 Å². The third-order valence-electron chi connectivity index (χ3n) is 2.58. The Morgan fingerprint density at radius 3 is 2.86 bits per heavy atom. The maximum Gasteiger partial charge on any atom is 0.282 e. The van der Waals surface area contributed by atoms with Gasteiger partial charge in [0.2, 0.25) is 5.03 Å². The van der Waals surface area contributed by atoms with Crippen LogP contribution in [0.4, 0.5) is 16.0 Å². The fourth-order valence-electron chi connectivity index (χ4n) is 1.74. The van der Waals surface area contributed by atoms with Crippen molar-refractivity contribution in [3.05, 3.63) is 35.7 Å². The topological polar surface area (TPSA) is 114 Å². The molecule has 8 nitrogen and oxygen atoms in total. The molecule has 11 heteroatoms. The minimum atomic E-state index is -3.99. The zero-order chi connectivity index (χ0) is 15.0. The number of imidazole rings is 1. The molecule has 0 aliphatic carbocycles. The standard InChI is InChI=1S/C10H9FN6O2S2/c11-6-1-2-7(13-5-6)16-21(18,19)9-8(15-12)14-10-17(9)3-4-20-10/h1-5,15H,12H2,(H,13,16). The Hall–Kier alpha value is -2.24. The zero-order valence-electron chi connectivity index (χ0n) is 10.3. The molecule has 0 saturated carbocycles. The summed E-state index contributed by atoms with van der Waals surface area (Å²) < 4.78 is 41.3. The molecule has 0 aliphatic rings. The lowest BCUT2D eigenvalue weighted by atomic mass is 10.5. The normalized spacial score (nSPS) is 11.7. The van der Waals surface area contributed by atoms with Crippen LogP contribution in [-0.4, -0.2) is 22.8 Å². The van der Waals surface area contributed by atoms with Crippen molar-refractivity contribution < 1.29 is 12.8 Å². The number of rotatable bonds is 4. The molecule has 0 saturated heterocycles. The van der Waals surface area contributed by atoms with Gasteiger partial charge in [-0.3, -0.25) is 9.12 Å². The highest BCUT2D eigenvalue weighted by atomic mass is 32.2. The van der Waals surface area contributed by atoms with Crippen LogP contribution in [0.3, 0.4) is 0 Å². The molecular formula is C10H9FN6O2S2. The lowest BCUT2D eigenvalue weighted by molar-refractivity contribution is 0.596. The molecule has 0 atom stereocenters. The number of hydrazine groups is 1. The monoisotopic (exact) mass is 328 g/mol. The van der Waals surface area contributed by atoms with E-state index in [1.54, 1.807) is 11.6 Å². The number of aromatic nitrogens is 3. The Morgan fingerprint density at radius 2 is 2.19 bits per heavy atom. The highest BCUT2D eigenvalue weighted by Gasteiger charge is 2.26. The number of hydrogen-bond acceptors (Lipinski definition) is 7. The van der Waals surface area contributed by atoms with Gasteiger partial charge in [-0.15, -0.1) is 11.3 Å². The Bertz CT molecular complexity index is 886. The van der Waals surface area contributed by atoms with E-state index in [9.17, 15) is 12.8 Å². The number of anilines is 2. The van der Waals surface area contributed by atoms with Gasteiger partial charge in [0.1, 0.15) is 11.6 Å². The molecule has 0 spiro atoms. The second-order valence-corrected chi connectivity index (χ2v) is 6.40. The van der Waals surface area contributed by atoms with E-state index in [0.29, 0.717) is 4.96 Å². The highest BCUT2D eigenvalue weighted by Crippen LogP contribution is 2.26. The van der Waals surface area contributed by atoms with Gasteiger partial charge in [0, 0.05) is 11.6 Å². The summed E-state index contributed by atoms with van der Waals surface area (Å²) in [6, 6.07) is 2.32. The average molecular weight is 328 g/mol. The third kappa shape index (κ3) is 2.41. The van der Waals surface area contributed by atoms with Gasteiger partial charge in [-0.2, -0.15) is 13.4 Å². The van der Waals surface area contributed by atoms with Crippen molar-refractivity contribution in [1.29, 1.82) is 0 Å². The van der Waals surface area contributed by atoms with Crippen molar-refractivity contribution in [3.63, 3.8) is 0 Å². The number of halogens is 1. The third-order valence-corrected chi connectivity index (χ3v) is 4.71. The largest absolute Gasteiger partial charge is 0.306 e. The number of hydrogen-bond donors (Lipinski definition) is 3. The number of nitrogen functional groups attached to an aromatic ring is 1. The molecule has 3 heterocycles. The molecule has 21 heavy (non-hydrogen) atoms. The van der Waals surface area contributed by atoms with Gasteiger partial charge in [-0.25, -0.2) is 15.2 Å². The predicted octanol–water partition coefficient (Wildman–Crippen LogP) is 1.02. The fourth-order valence-corrected chi connectivity index (χ4v) is 3.77. The number of nitrogens with zero attached hydrogens (tertiary/aromatic N) is 3. The van der Waals surface area contributed by atoms with E-state index in [4.69, 9.17) is 5.84 Å². The molecule has 0 amide bonds. The van der Waals surface area contributed by atoms with Crippen molar-refractivity contribution in [3.8, 4) is 0 Å². The molecule has 110 valence electrons. The summed E-state index contributed by atoms with van der Waals surface area (Å²) in [6.45, 7) is 0. The van der Waals surface area contributed by atoms with Crippen molar-refractivity contribution in [2.24, 2.45) is 5.84 Å². The summed E-state index contributed by atoms with van der Waals surface area (Å²) in [5.41, 5.74) is 2.25. The first-order valence-corrected chi connectivity index (χ1v) is 7.94. The Balaban J connectivity index is 2.07. The lowest BCUT2D eigenvalue weighted by Gasteiger charge is -2.07. The zero-order valence-corrected chi connectivity index (χ0v) is 11.9. The quantitative estimate of drug-likeness (QED) is 0.486. The summed E-state index contributed by atoms with van der Waals surface area (Å²) in [5, 5.41) is 1.55. The van der Waals surface area contributed by atoms with Crippen LogP contribution in [0, 0.1) is 5.82 Å². The van der Waals surface area contributed by atoms with E-state index in [1.165, 1.54) is 21.8 Å². The summed E-state index contributed by atoms with van der Waals surface area (Å²) >= 11 is 1.26. The summed E-state index contributed by atoms with van der Waals surface area (Å²) in [4.78, 5) is 8.18. The predicted molar refractivity (Wildman–Crippen MR) is 75.9 cm³/mol. The molecule has 4 N–H and O–H groups in total. The first-order chi connectivity index (χ1) is 10.0. The summed E-state index contributed by atoms with van der Waals surface area (Å²) in [6.07, 6.45) is 2.47. The van der Waals surface area contributed by atoms with Gasteiger partial charge in [-0.1, -0.05) is 0 Å². The number of nitrogens with two attached hydrogens (primary N) is 1. The maximum atomic E-state index is 12.8. The molecule has 3 aromatic rings. The van der Waals surface area contributed by atoms with E-state index in [-0.39, 0.29) is 16.7 Å². The minimum Gasteiger partial charge on any atom is -0.306 e. The number of fused-ring (bicyclic) bond motifs is 1. The fraction of sp³-hybridized carbons (Fsp3) is 0. The van der Waals surface area contributed by atoms with E-state index in [0.717, 1.165) is 12.3 Å². The Morgan fingerprint density at radius 1 is 1.38 bits per heavy atom. The second kappa shape index (κ2) is 4.95. The van der Waals surface area contributed by atoms with Gasteiger partial charge in [0.25, 0.3) is 10.0 Å². The highest BCUT2D eigenvalue weighted by molar-refractivity contribution is 7.92. The lowest BCUT2D eigenvalue weighted by Crippen LogP contribution is -2.19. The van der Waals surface area contributed by atoms with Crippen molar-refractivity contribution >= 4 is 38.0 Å². The van der Waals surface area contributed by atoms with Crippen LogP contribution in [0.5, 0.6) is 0 Å². The summed E-state index contributed by atoms with van der Waals surface area (Å²) in [5.74, 6) is 4.74. The maximum absolute atomic E-state index is 12.8. The van der Waals surface area contributed by atoms with Crippen LogP contribution < -0.4 is 16.0 Å². The van der Waals surface area contributed by atoms with Gasteiger partial charge in [0.05, 0.1) is 6.20 Å². The van der Waals surface area contributed by atoms with E-state index in [2.05, 4.69) is 20.1 Å². The molecule has 0 fully saturated rings. The van der Waals surface area contributed by atoms with Crippen LogP contribution >= 0.6 is 11.3 Å². The Kier molecular flexibility index (Phi) is 3.23. The van der Waals surface area contributed by atoms with Crippen LogP contribution in [0.25, 0.3) is 4.96 Å². The minimum absolute atomic E-state index is 0.00967. The van der Waals surface area contributed by atoms with E-state index in [1.807, 2.05) is 0 Å². The van der Waals surface area contributed by atoms with E-state index < -0.39 is 15.8 Å². The van der Waals surface area contributed by atoms with Gasteiger partial charge < -0.3 is 5.43 Å². The van der Waals surface area contributed by atoms with Crippen LogP contribution in [0.2, 0.25) is 0 Å². The molecule has 3 aromatic heterocycles. The van der Waals surface area contributed by atoms with E-state index >= 15 is 0 Å². The van der Waals surface area contributed by atoms with Gasteiger partial charge >= 0.3 is 0 Å². The molecule has 0 aliphatic heterocycles. The van der Waals surface area contributed by atoms with Crippen LogP contribution in [0.15, 0.2) is 34.9 Å². The molecule has 0 bridgehead atoms. The number of nitrogens with one attached hydrogen (secondary N) is 2. The van der Waals surface area contributed by atoms with Gasteiger partial charge in [0.15, 0.2) is 10.8 Å². The first-order valence-electron chi connectivity index (χ1n) is 5.58. The number of thiazole rings is 1. The molecule has 0 unspecified atom stereocenters. The Labute approximate surface area is 122 Å². The van der Waals surface area contributed by atoms with Crippen molar-refractivity contribution in [1.82, 2.24) is 14.4 Å². The van der Waals surface area contributed by atoms with Crippen LogP contribution in [0.1, 0.15) is 0 Å². The molecule has 0 aromatic carbocycles.